The number of nitrogens with zero attached hydrogens (tertiary/aromatic N) is 5. The van der Waals surface area contributed by atoms with Crippen molar-refractivity contribution >= 4 is 52.5 Å². The van der Waals surface area contributed by atoms with Crippen LogP contribution < -0.4 is 15.3 Å². The van der Waals surface area contributed by atoms with Crippen molar-refractivity contribution < 1.29 is 19.1 Å². The Labute approximate surface area is 231 Å². The van der Waals surface area contributed by atoms with Crippen molar-refractivity contribution in [3.8, 4) is 11.4 Å². The van der Waals surface area contributed by atoms with Gasteiger partial charge in [0.25, 0.3) is 0 Å². The van der Waals surface area contributed by atoms with Crippen molar-refractivity contribution in [3.63, 3.8) is 0 Å². The van der Waals surface area contributed by atoms with Crippen LogP contribution in [0.2, 0.25) is 15.1 Å². The van der Waals surface area contributed by atoms with E-state index in [0.29, 0.717) is 10.4 Å². The molecular weight excluding hydrogens is 557 g/mol. The maximum Gasteiger partial charge on any atom is 0.377 e. The van der Waals surface area contributed by atoms with Crippen LogP contribution in [-0.4, -0.2) is 45.4 Å². The summed E-state index contributed by atoms with van der Waals surface area (Å²) in [5, 5.41) is 7.85. The Morgan fingerprint density at radius 2 is 1.63 bits per heavy atom. The number of para-hydroxylation sites is 1. The largest absolute Gasteiger partial charge is 0.497 e. The van der Waals surface area contributed by atoms with E-state index in [1.54, 1.807) is 44.4 Å². The van der Waals surface area contributed by atoms with Crippen LogP contribution in [0.3, 0.4) is 0 Å². The van der Waals surface area contributed by atoms with Crippen LogP contribution in [0.4, 0.5) is 10.5 Å². The van der Waals surface area contributed by atoms with Crippen LogP contribution in [0.25, 0.3) is 5.69 Å². The number of aromatic nitrogens is 4. The summed E-state index contributed by atoms with van der Waals surface area (Å²) >= 11 is 18.8. The lowest BCUT2D eigenvalue weighted by Crippen LogP contribution is -2.41. The zero-order valence-corrected chi connectivity index (χ0v) is 22.4. The average molecular weight is 577 g/mol. The van der Waals surface area contributed by atoms with Crippen molar-refractivity contribution in [2.75, 3.05) is 18.6 Å². The third kappa shape index (κ3) is 5.52. The van der Waals surface area contributed by atoms with Gasteiger partial charge in [0.15, 0.2) is 0 Å². The molecule has 38 heavy (non-hydrogen) atoms. The third-order valence-electron chi connectivity index (χ3n) is 5.46. The van der Waals surface area contributed by atoms with Crippen molar-refractivity contribution in [1.82, 2.24) is 19.8 Å². The first kappa shape index (κ1) is 27.2. The summed E-state index contributed by atoms with van der Waals surface area (Å²) in [6, 6.07) is 15.3. The van der Waals surface area contributed by atoms with Gasteiger partial charge in [0, 0.05) is 6.54 Å². The molecule has 196 valence electrons. The van der Waals surface area contributed by atoms with E-state index in [9.17, 15) is 14.4 Å². The van der Waals surface area contributed by atoms with E-state index in [1.807, 2.05) is 0 Å². The molecule has 0 saturated carbocycles. The van der Waals surface area contributed by atoms with Gasteiger partial charge in [0.1, 0.15) is 18.0 Å². The molecule has 0 spiro atoms. The van der Waals surface area contributed by atoms with Crippen molar-refractivity contribution in [1.29, 1.82) is 0 Å². The van der Waals surface area contributed by atoms with Gasteiger partial charge in [-0.1, -0.05) is 53.0 Å². The van der Waals surface area contributed by atoms with Gasteiger partial charge in [-0.25, -0.2) is 14.4 Å². The molecule has 0 aliphatic carbocycles. The molecule has 1 heterocycles. The lowest BCUT2D eigenvalue weighted by atomic mass is 10.2. The smallest absolute Gasteiger partial charge is 0.377 e. The first-order valence-corrected chi connectivity index (χ1v) is 12.3. The average Bonchev–Trinajstić information content (AvgIpc) is 3.29. The van der Waals surface area contributed by atoms with Gasteiger partial charge in [-0.05, 0) is 65.4 Å². The predicted molar refractivity (Wildman–Crippen MR) is 143 cm³/mol. The zero-order chi connectivity index (χ0) is 27.4. The minimum absolute atomic E-state index is 0.0514. The molecule has 0 bridgehead atoms. The number of carbonyl (C=O) groups excluding carboxylic acids is 2. The molecule has 4 rings (SSSR count). The van der Waals surface area contributed by atoms with E-state index in [-0.39, 0.29) is 45.2 Å². The number of hydrogen-bond acceptors (Lipinski definition) is 7. The Kier molecular flexibility index (Phi) is 8.35. The first-order chi connectivity index (χ1) is 18.2. The highest BCUT2D eigenvalue weighted by atomic mass is 35.5. The fourth-order valence-corrected chi connectivity index (χ4v) is 4.37. The lowest BCUT2D eigenvalue weighted by Gasteiger charge is -2.21. The minimum Gasteiger partial charge on any atom is -0.497 e. The number of halogens is 3. The molecule has 0 atom stereocenters. The molecule has 1 amide bonds. The van der Waals surface area contributed by atoms with E-state index in [4.69, 9.17) is 44.3 Å². The first-order valence-electron chi connectivity index (χ1n) is 11.2. The molecule has 13 heteroatoms. The van der Waals surface area contributed by atoms with Gasteiger partial charge in [-0.15, -0.1) is 4.68 Å². The standard InChI is InChI=1S/C25H20Cl3N5O5/c1-3-31(24(35)33-25(36)32(29-30-33)22-18(26)5-4-6-19(22)27)21-12-9-16(13-20(21)28)23(34)38-14-15-7-10-17(37-2)11-8-15/h4-13H,3,14H2,1-2H3. The Balaban J connectivity index is 1.53. The number of tetrazole rings is 1. The van der Waals surface area contributed by atoms with E-state index in [0.717, 1.165) is 10.2 Å². The second kappa shape index (κ2) is 11.7. The Bertz CT molecular complexity index is 1530. The maximum atomic E-state index is 13.2. The van der Waals surface area contributed by atoms with Crippen LogP contribution in [0.5, 0.6) is 5.75 Å². The topological polar surface area (TPSA) is 109 Å². The molecule has 0 radical (unpaired) electrons. The highest BCUT2D eigenvalue weighted by Gasteiger charge is 2.25. The third-order valence-corrected chi connectivity index (χ3v) is 6.37. The Morgan fingerprint density at radius 3 is 2.24 bits per heavy atom. The highest BCUT2D eigenvalue weighted by molar-refractivity contribution is 6.37. The highest BCUT2D eigenvalue weighted by Crippen LogP contribution is 2.29. The van der Waals surface area contributed by atoms with Gasteiger partial charge in [0.05, 0.1) is 33.4 Å². The normalized spacial score (nSPS) is 10.8. The number of benzene rings is 3. The number of anilines is 1. The molecule has 0 aliphatic heterocycles. The predicted octanol–water partition coefficient (Wildman–Crippen LogP) is 5.25. The van der Waals surface area contributed by atoms with Crippen LogP contribution >= 0.6 is 34.8 Å². The Morgan fingerprint density at radius 1 is 0.947 bits per heavy atom. The monoisotopic (exact) mass is 575 g/mol. The maximum absolute atomic E-state index is 13.2. The summed E-state index contributed by atoms with van der Waals surface area (Å²) in [5.74, 6) is 0.0920. The van der Waals surface area contributed by atoms with Gasteiger partial charge < -0.3 is 9.47 Å². The van der Waals surface area contributed by atoms with Crippen molar-refractivity contribution in [3.05, 3.63) is 97.3 Å². The van der Waals surface area contributed by atoms with E-state index in [1.165, 1.54) is 35.2 Å². The fraction of sp³-hybridized carbons (Fsp3) is 0.160. The molecule has 0 N–H and O–H groups in total. The number of ether oxygens (including phenoxy) is 2. The number of methoxy groups -OCH3 is 1. The van der Waals surface area contributed by atoms with Crippen LogP contribution in [0.1, 0.15) is 22.8 Å². The minimum atomic E-state index is -0.877. The van der Waals surface area contributed by atoms with Gasteiger partial charge in [0.2, 0.25) is 0 Å². The molecule has 0 saturated heterocycles. The summed E-state index contributed by atoms with van der Waals surface area (Å²) in [6.07, 6.45) is 0. The number of rotatable bonds is 7. The molecule has 3 aromatic carbocycles. The summed E-state index contributed by atoms with van der Waals surface area (Å²) in [5.41, 5.74) is 0.438. The number of carbonyl (C=O) groups is 2. The molecule has 1 aromatic heterocycles. The zero-order valence-electron chi connectivity index (χ0n) is 20.1. The van der Waals surface area contributed by atoms with Gasteiger partial charge in [-0.3, -0.25) is 4.90 Å². The van der Waals surface area contributed by atoms with Crippen LogP contribution in [-0.2, 0) is 11.3 Å². The van der Waals surface area contributed by atoms with E-state index >= 15 is 0 Å². The second-order valence-electron chi connectivity index (χ2n) is 7.77. The second-order valence-corrected chi connectivity index (χ2v) is 8.99. The molecule has 0 unspecified atom stereocenters. The lowest BCUT2D eigenvalue weighted by molar-refractivity contribution is 0.0472. The molecule has 0 aliphatic rings. The summed E-state index contributed by atoms with van der Waals surface area (Å²) in [4.78, 5) is 40.0. The molecule has 0 fully saturated rings. The number of amides is 1. The molecular formula is C25H20Cl3N5O5. The number of esters is 1. The quantitative estimate of drug-likeness (QED) is 0.218. The van der Waals surface area contributed by atoms with E-state index in [2.05, 4.69) is 10.4 Å². The van der Waals surface area contributed by atoms with Crippen LogP contribution in [0, 0.1) is 0 Å². The van der Waals surface area contributed by atoms with Crippen molar-refractivity contribution in [2.24, 2.45) is 0 Å². The van der Waals surface area contributed by atoms with Crippen molar-refractivity contribution in [2.45, 2.75) is 13.5 Å². The number of hydrogen-bond donors (Lipinski definition) is 0. The summed E-state index contributed by atoms with van der Waals surface area (Å²) in [6.45, 7) is 1.87. The molecule has 4 aromatic rings. The van der Waals surface area contributed by atoms with Gasteiger partial charge in [-0.2, -0.15) is 4.68 Å². The SMILES string of the molecule is CCN(C(=O)n1nnn(-c2c(Cl)cccc2Cl)c1=O)c1ccc(C(=O)OCc2ccc(OC)cc2)cc1Cl. The fourth-order valence-electron chi connectivity index (χ4n) is 3.53. The Hall–Kier alpha value is -3.86. The summed E-state index contributed by atoms with van der Waals surface area (Å²) < 4.78 is 11.9. The molecule has 10 nitrogen and oxygen atoms in total. The van der Waals surface area contributed by atoms with E-state index < -0.39 is 17.7 Å². The van der Waals surface area contributed by atoms with Crippen LogP contribution in [0.15, 0.2) is 65.5 Å². The van der Waals surface area contributed by atoms with Gasteiger partial charge >= 0.3 is 17.7 Å². The summed E-state index contributed by atoms with van der Waals surface area (Å²) in [7, 11) is 1.56.